The molecule has 1 aliphatic rings. The second-order valence-electron chi connectivity index (χ2n) is 4.18. The van der Waals surface area contributed by atoms with Gasteiger partial charge in [-0.15, -0.1) is 11.6 Å². The molecule has 0 aliphatic heterocycles. The summed E-state index contributed by atoms with van der Waals surface area (Å²) in [6.45, 7) is 2.28. The number of hydrogen-bond acceptors (Lipinski definition) is 0. The minimum absolute atomic E-state index is 0.838. The van der Waals surface area contributed by atoms with Crippen LogP contribution in [0.15, 0.2) is 0 Å². The van der Waals surface area contributed by atoms with E-state index >= 15 is 0 Å². The van der Waals surface area contributed by atoms with Crippen LogP contribution in [0.4, 0.5) is 0 Å². The van der Waals surface area contributed by atoms with Crippen molar-refractivity contribution >= 4 is 11.6 Å². The molecule has 72 valence electrons. The molecule has 0 N–H and O–H groups in total. The third-order valence-electron chi connectivity index (χ3n) is 3.15. The highest BCUT2D eigenvalue weighted by Crippen LogP contribution is 2.32. The molecule has 1 rings (SSSR count). The molecule has 0 unspecified atom stereocenters. The van der Waals surface area contributed by atoms with Crippen LogP contribution in [0.5, 0.6) is 0 Å². The summed E-state index contributed by atoms with van der Waals surface area (Å²) in [6.07, 6.45) is 9.90. The maximum absolute atomic E-state index is 5.83. The lowest BCUT2D eigenvalue weighted by Gasteiger charge is -2.26. The van der Waals surface area contributed by atoms with Crippen molar-refractivity contribution in [2.45, 2.75) is 51.9 Å². The van der Waals surface area contributed by atoms with Crippen molar-refractivity contribution < 1.29 is 0 Å². The van der Waals surface area contributed by atoms with E-state index in [1.54, 1.807) is 0 Å². The van der Waals surface area contributed by atoms with E-state index in [1.807, 2.05) is 0 Å². The van der Waals surface area contributed by atoms with Crippen LogP contribution in [-0.4, -0.2) is 5.88 Å². The number of alkyl halides is 1. The molecule has 12 heavy (non-hydrogen) atoms. The molecule has 0 heterocycles. The van der Waals surface area contributed by atoms with E-state index in [1.165, 1.54) is 44.9 Å². The molecule has 0 amide bonds. The maximum atomic E-state index is 5.83. The van der Waals surface area contributed by atoms with Gasteiger partial charge in [-0.25, -0.2) is 0 Å². The third kappa shape index (κ3) is 3.35. The van der Waals surface area contributed by atoms with Crippen LogP contribution in [0, 0.1) is 11.8 Å². The van der Waals surface area contributed by atoms with Crippen LogP contribution in [0.25, 0.3) is 0 Å². The molecule has 0 nitrogen and oxygen atoms in total. The molecule has 1 heteroatoms. The number of unbranched alkanes of at least 4 members (excludes halogenated alkanes) is 1. The Morgan fingerprint density at radius 2 is 1.67 bits per heavy atom. The summed E-state index contributed by atoms with van der Waals surface area (Å²) < 4.78 is 0. The number of halogens is 1. The molecule has 0 aromatic rings. The second-order valence-corrected chi connectivity index (χ2v) is 4.49. The lowest BCUT2D eigenvalue weighted by Crippen LogP contribution is -2.15. The predicted octanol–water partition coefficient (Wildman–Crippen LogP) is 4.22. The van der Waals surface area contributed by atoms with E-state index in [2.05, 4.69) is 6.92 Å². The molecule has 1 saturated carbocycles. The van der Waals surface area contributed by atoms with E-state index in [0.717, 1.165) is 17.7 Å². The predicted molar refractivity (Wildman–Crippen MR) is 55.7 cm³/mol. The zero-order valence-corrected chi connectivity index (χ0v) is 8.95. The van der Waals surface area contributed by atoms with Crippen molar-refractivity contribution in [2.24, 2.45) is 11.8 Å². The fourth-order valence-corrected chi connectivity index (χ4v) is 2.48. The second kappa shape index (κ2) is 5.85. The van der Waals surface area contributed by atoms with Gasteiger partial charge >= 0.3 is 0 Å². The summed E-state index contributed by atoms with van der Waals surface area (Å²) in [6, 6.07) is 0. The Bertz CT molecular complexity index is 104. The number of rotatable bonds is 4. The van der Waals surface area contributed by atoms with Crippen LogP contribution in [0.1, 0.15) is 51.9 Å². The van der Waals surface area contributed by atoms with E-state index < -0.39 is 0 Å². The van der Waals surface area contributed by atoms with Crippen molar-refractivity contribution in [2.75, 3.05) is 5.88 Å². The van der Waals surface area contributed by atoms with Crippen molar-refractivity contribution in [3.8, 4) is 0 Å². The first-order valence-corrected chi connectivity index (χ1v) is 5.96. The van der Waals surface area contributed by atoms with Crippen LogP contribution in [-0.2, 0) is 0 Å². The summed E-state index contributed by atoms with van der Waals surface area (Å²) in [7, 11) is 0. The Morgan fingerprint density at radius 1 is 1.08 bits per heavy atom. The summed E-state index contributed by atoms with van der Waals surface area (Å²) in [4.78, 5) is 0. The van der Waals surface area contributed by atoms with Crippen LogP contribution in [0.3, 0.4) is 0 Å². The minimum atomic E-state index is 0.838. The van der Waals surface area contributed by atoms with Gasteiger partial charge in [-0.05, 0) is 24.7 Å². The van der Waals surface area contributed by atoms with Gasteiger partial charge in [0.1, 0.15) is 0 Å². The third-order valence-corrected chi connectivity index (χ3v) is 3.59. The van der Waals surface area contributed by atoms with Crippen LogP contribution in [0.2, 0.25) is 0 Å². The van der Waals surface area contributed by atoms with Gasteiger partial charge in [0.2, 0.25) is 0 Å². The van der Waals surface area contributed by atoms with E-state index in [4.69, 9.17) is 11.6 Å². The van der Waals surface area contributed by atoms with Gasteiger partial charge < -0.3 is 0 Å². The van der Waals surface area contributed by atoms with Gasteiger partial charge in [0.05, 0.1) is 0 Å². The zero-order chi connectivity index (χ0) is 8.81. The summed E-state index contributed by atoms with van der Waals surface area (Å²) in [5.74, 6) is 2.76. The van der Waals surface area contributed by atoms with Gasteiger partial charge in [0, 0.05) is 5.88 Å². The molecular formula is C11H21Cl. The highest BCUT2D eigenvalue weighted by atomic mass is 35.5. The molecule has 1 fully saturated rings. The quantitative estimate of drug-likeness (QED) is 0.580. The first-order valence-electron chi connectivity index (χ1n) is 5.42. The minimum Gasteiger partial charge on any atom is -0.126 e. The van der Waals surface area contributed by atoms with E-state index in [9.17, 15) is 0 Å². The lowest BCUT2D eigenvalue weighted by molar-refractivity contribution is 0.275. The molecule has 0 saturated heterocycles. The Hall–Kier alpha value is 0.290. The lowest BCUT2D eigenvalue weighted by atomic mass is 9.81. The fourth-order valence-electron chi connectivity index (χ4n) is 2.17. The van der Waals surface area contributed by atoms with Gasteiger partial charge in [-0.3, -0.25) is 0 Å². The largest absolute Gasteiger partial charge is 0.126 e. The Balaban J connectivity index is 2.09. The summed E-state index contributed by atoms with van der Waals surface area (Å²) in [5, 5.41) is 0. The van der Waals surface area contributed by atoms with Crippen LogP contribution >= 0.6 is 11.6 Å². The SMILES string of the molecule is CCCCC1CCC(CCl)CC1. The molecule has 1 aliphatic carbocycles. The highest BCUT2D eigenvalue weighted by molar-refractivity contribution is 6.18. The summed E-state index contributed by atoms with van der Waals surface area (Å²) in [5.41, 5.74) is 0. The Morgan fingerprint density at radius 3 is 2.17 bits per heavy atom. The molecule has 0 radical (unpaired) electrons. The fraction of sp³-hybridized carbons (Fsp3) is 1.00. The summed E-state index contributed by atoms with van der Waals surface area (Å²) >= 11 is 5.83. The molecule has 0 atom stereocenters. The van der Waals surface area contributed by atoms with Gasteiger partial charge in [0.25, 0.3) is 0 Å². The van der Waals surface area contributed by atoms with Crippen molar-refractivity contribution in [3.63, 3.8) is 0 Å². The topological polar surface area (TPSA) is 0 Å². The normalized spacial score (nSPS) is 30.5. The average molecular weight is 189 g/mol. The number of hydrogen-bond donors (Lipinski definition) is 0. The van der Waals surface area contributed by atoms with Crippen molar-refractivity contribution in [1.82, 2.24) is 0 Å². The highest BCUT2D eigenvalue weighted by Gasteiger charge is 2.19. The standard InChI is InChI=1S/C11H21Cl/c1-2-3-4-10-5-7-11(9-12)8-6-10/h10-11H,2-9H2,1H3. The van der Waals surface area contributed by atoms with Crippen LogP contribution < -0.4 is 0 Å². The zero-order valence-electron chi connectivity index (χ0n) is 8.19. The Labute approximate surface area is 81.7 Å². The van der Waals surface area contributed by atoms with Gasteiger partial charge in [-0.2, -0.15) is 0 Å². The molecule has 0 bridgehead atoms. The Kier molecular flexibility index (Phi) is 5.06. The first kappa shape index (κ1) is 10.4. The monoisotopic (exact) mass is 188 g/mol. The van der Waals surface area contributed by atoms with Gasteiger partial charge in [0.15, 0.2) is 0 Å². The van der Waals surface area contributed by atoms with E-state index in [0.29, 0.717) is 0 Å². The molecule has 0 spiro atoms. The molecular weight excluding hydrogens is 168 g/mol. The van der Waals surface area contributed by atoms with Gasteiger partial charge in [-0.1, -0.05) is 39.0 Å². The van der Waals surface area contributed by atoms with Crippen molar-refractivity contribution in [3.05, 3.63) is 0 Å². The first-order chi connectivity index (χ1) is 5.86. The smallest absolute Gasteiger partial charge is 0.0251 e. The maximum Gasteiger partial charge on any atom is 0.0251 e. The van der Waals surface area contributed by atoms with E-state index in [-0.39, 0.29) is 0 Å². The molecule has 0 aromatic carbocycles. The average Bonchev–Trinajstić information content (AvgIpc) is 2.15. The van der Waals surface area contributed by atoms with Crippen molar-refractivity contribution in [1.29, 1.82) is 0 Å². The molecule has 0 aromatic heterocycles.